The van der Waals surface area contributed by atoms with Crippen LogP contribution in [0.15, 0.2) is 18.2 Å². The van der Waals surface area contributed by atoms with Crippen molar-refractivity contribution < 1.29 is 20.2 Å². The van der Waals surface area contributed by atoms with Gasteiger partial charge in [-0.2, -0.15) is 0 Å². The van der Waals surface area contributed by atoms with Crippen molar-refractivity contribution in [3.05, 3.63) is 35.1 Å². The topological polar surface area (TPSA) is 66.5 Å². The van der Waals surface area contributed by atoms with Crippen LogP contribution in [0.25, 0.3) is 0 Å². The molecule has 1 aromatic carbocycles. The number of nitrogens with one attached hydrogen (secondary N) is 1. The standard InChI is InChI=1S/C23H29FN2O3.C2H6.H2/c1-14(27)21(15-6-3-2-4-7-15)25-22(28)19-9-5-8-18(20(19)24)17-12-26(13-17)23(29)16-10-11-16;1-2;/h5,8-9,15-17,21H,2-4,6-7,10-13H2,1H3,(H,25,28);1-2H3;1H/t21-;;/m0../s1. The summed E-state index contributed by atoms with van der Waals surface area (Å²) in [5.41, 5.74) is 0.464. The van der Waals surface area contributed by atoms with Gasteiger partial charge in [-0.3, -0.25) is 14.4 Å². The summed E-state index contributed by atoms with van der Waals surface area (Å²) < 4.78 is 15.1. The molecule has 1 aromatic rings. The van der Waals surface area contributed by atoms with E-state index in [1.165, 1.54) is 13.0 Å². The van der Waals surface area contributed by atoms with Crippen molar-refractivity contribution in [2.75, 3.05) is 13.1 Å². The maximum atomic E-state index is 15.1. The number of carbonyl (C=O) groups is 3. The monoisotopic (exact) mass is 432 g/mol. The number of rotatable bonds is 6. The van der Waals surface area contributed by atoms with Crippen molar-refractivity contribution >= 4 is 17.6 Å². The van der Waals surface area contributed by atoms with Crippen LogP contribution in [0.3, 0.4) is 0 Å². The minimum absolute atomic E-state index is 0. The van der Waals surface area contributed by atoms with E-state index in [4.69, 9.17) is 0 Å². The normalized spacial score (nSPS) is 20.2. The van der Waals surface area contributed by atoms with Gasteiger partial charge < -0.3 is 10.2 Å². The van der Waals surface area contributed by atoms with Gasteiger partial charge in [-0.25, -0.2) is 4.39 Å². The van der Waals surface area contributed by atoms with Crippen molar-refractivity contribution in [1.29, 1.82) is 0 Å². The number of benzene rings is 1. The largest absolute Gasteiger partial charge is 0.342 e. The molecule has 0 radical (unpaired) electrons. The fourth-order valence-corrected chi connectivity index (χ4v) is 4.72. The zero-order valence-electron chi connectivity index (χ0n) is 19.0. The summed E-state index contributed by atoms with van der Waals surface area (Å²) >= 11 is 0. The zero-order chi connectivity index (χ0) is 22.5. The zero-order valence-corrected chi connectivity index (χ0v) is 19.0. The lowest BCUT2D eigenvalue weighted by Crippen LogP contribution is -2.49. The third-order valence-electron chi connectivity index (χ3n) is 6.68. The highest BCUT2D eigenvalue weighted by Crippen LogP contribution is 2.37. The van der Waals surface area contributed by atoms with Crippen LogP contribution in [0.5, 0.6) is 0 Å². The predicted octanol–water partition coefficient (Wildman–Crippen LogP) is 4.70. The van der Waals surface area contributed by atoms with Crippen molar-refractivity contribution in [3.63, 3.8) is 0 Å². The Labute approximate surface area is 186 Å². The van der Waals surface area contributed by atoms with Gasteiger partial charge in [0.25, 0.3) is 5.91 Å². The van der Waals surface area contributed by atoms with E-state index in [1.54, 1.807) is 17.0 Å². The Bertz CT molecular complexity index is 815. The van der Waals surface area contributed by atoms with Gasteiger partial charge in [-0.05, 0) is 50.2 Å². The average Bonchev–Trinajstić information content (AvgIpc) is 3.59. The first-order chi connectivity index (χ1) is 15.0. The number of likely N-dealkylation sites (tertiary alicyclic amines) is 1. The number of Topliss-reactive ketones (excluding diaryl/α,β-unsaturated/α-hetero) is 1. The highest BCUT2D eigenvalue weighted by atomic mass is 19.1. The van der Waals surface area contributed by atoms with Crippen molar-refractivity contribution in [2.45, 2.75) is 77.7 Å². The molecule has 2 saturated carbocycles. The first-order valence-electron chi connectivity index (χ1n) is 11.8. The summed E-state index contributed by atoms with van der Waals surface area (Å²) in [4.78, 5) is 38.8. The van der Waals surface area contributed by atoms with Gasteiger partial charge in [-0.1, -0.05) is 45.2 Å². The number of hydrogen-bond donors (Lipinski definition) is 1. The molecule has 0 unspecified atom stereocenters. The first-order valence-corrected chi connectivity index (χ1v) is 11.8. The van der Waals surface area contributed by atoms with Crippen LogP contribution in [-0.4, -0.2) is 41.6 Å². The second-order valence-electron chi connectivity index (χ2n) is 8.88. The molecule has 172 valence electrons. The smallest absolute Gasteiger partial charge is 0.254 e. The molecule has 4 rings (SSSR count). The molecule has 1 N–H and O–H groups in total. The molecule has 31 heavy (non-hydrogen) atoms. The number of nitrogens with zero attached hydrogens (tertiary/aromatic N) is 1. The molecule has 1 atom stereocenters. The third-order valence-corrected chi connectivity index (χ3v) is 6.68. The van der Waals surface area contributed by atoms with Crippen LogP contribution in [-0.2, 0) is 9.59 Å². The minimum atomic E-state index is -0.554. The SMILES string of the molecule is CC.CC(=O)[C@H](NC(=O)c1cccc(C2CN(C(=O)C3CC3)C2)c1F)C1CCCCC1.[HH]. The molecule has 5 nitrogen and oxygen atoms in total. The van der Waals surface area contributed by atoms with E-state index in [9.17, 15) is 14.4 Å². The molecule has 1 heterocycles. The molecule has 3 fully saturated rings. The highest BCUT2D eigenvalue weighted by Gasteiger charge is 2.40. The van der Waals surface area contributed by atoms with Gasteiger partial charge >= 0.3 is 0 Å². The lowest BCUT2D eigenvalue weighted by Gasteiger charge is -2.40. The van der Waals surface area contributed by atoms with E-state index in [1.807, 2.05) is 13.8 Å². The van der Waals surface area contributed by atoms with E-state index < -0.39 is 17.8 Å². The van der Waals surface area contributed by atoms with E-state index in [2.05, 4.69) is 5.32 Å². The van der Waals surface area contributed by atoms with Gasteiger partial charge in [0.2, 0.25) is 5.91 Å². The van der Waals surface area contributed by atoms with Gasteiger partial charge in [0.15, 0.2) is 5.78 Å². The number of hydrogen-bond acceptors (Lipinski definition) is 3. The van der Waals surface area contributed by atoms with Gasteiger partial charge in [-0.15, -0.1) is 0 Å². The van der Waals surface area contributed by atoms with E-state index in [-0.39, 0.29) is 36.4 Å². The van der Waals surface area contributed by atoms with Gasteiger partial charge in [0.1, 0.15) is 5.82 Å². The third kappa shape index (κ3) is 5.34. The minimum Gasteiger partial charge on any atom is -0.342 e. The van der Waals surface area contributed by atoms with Gasteiger partial charge in [0.05, 0.1) is 11.6 Å². The summed E-state index contributed by atoms with van der Waals surface area (Å²) in [6, 6.07) is 4.29. The molecule has 2 aliphatic carbocycles. The Morgan fingerprint density at radius 1 is 1.06 bits per heavy atom. The van der Waals surface area contributed by atoms with Crippen molar-refractivity contribution in [3.8, 4) is 0 Å². The maximum absolute atomic E-state index is 15.1. The van der Waals surface area contributed by atoms with Crippen LogP contribution in [0.1, 0.15) is 89.0 Å². The average molecular weight is 433 g/mol. The van der Waals surface area contributed by atoms with E-state index >= 15 is 4.39 Å². The molecule has 0 spiro atoms. The molecular weight excluding hydrogens is 395 g/mol. The number of halogens is 1. The Morgan fingerprint density at radius 2 is 1.71 bits per heavy atom. The second-order valence-corrected chi connectivity index (χ2v) is 8.88. The van der Waals surface area contributed by atoms with Crippen LogP contribution in [0.4, 0.5) is 4.39 Å². The summed E-state index contributed by atoms with van der Waals surface area (Å²) in [5, 5.41) is 2.80. The van der Waals surface area contributed by atoms with E-state index in [0.717, 1.165) is 44.9 Å². The summed E-state index contributed by atoms with van der Waals surface area (Å²) in [7, 11) is 0. The lowest BCUT2D eigenvalue weighted by atomic mass is 9.82. The fourth-order valence-electron chi connectivity index (χ4n) is 4.72. The van der Waals surface area contributed by atoms with Crippen LogP contribution in [0, 0.1) is 17.7 Å². The lowest BCUT2D eigenvalue weighted by molar-refractivity contribution is -0.137. The van der Waals surface area contributed by atoms with Crippen LogP contribution in [0.2, 0.25) is 0 Å². The molecular formula is C25H37FN2O3. The quantitative estimate of drug-likeness (QED) is 0.708. The Hall–Kier alpha value is -2.24. The fraction of sp³-hybridized carbons (Fsp3) is 0.640. The van der Waals surface area contributed by atoms with Crippen LogP contribution >= 0.6 is 0 Å². The molecule has 0 bridgehead atoms. The molecule has 1 aliphatic heterocycles. The number of amides is 2. The molecule has 0 aromatic heterocycles. The molecule has 2 amide bonds. The van der Waals surface area contributed by atoms with E-state index in [0.29, 0.717) is 18.7 Å². The predicted molar refractivity (Wildman–Crippen MR) is 120 cm³/mol. The molecule has 1 saturated heterocycles. The number of carbonyl (C=O) groups excluding carboxylic acids is 3. The van der Waals surface area contributed by atoms with Crippen molar-refractivity contribution in [1.82, 2.24) is 10.2 Å². The Morgan fingerprint density at radius 3 is 2.29 bits per heavy atom. The Kier molecular flexibility index (Phi) is 7.84. The number of ketones is 1. The second kappa shape index (κ2) is 10.4. The highest BCUT2D eigenvalue weighted by molar-refractivity contribution is 5.98. The molecule has 3 aliphatic rings. The maximum Gasteiger partial charge on any atom is 0.254 e. The summed E-state index contributed by atoms with van der Waals surface area (Å²) in [6.07, 6.45) is 7.04. The Balaban J connectivity index is 0.00000118. The first kappa shape index (κ1) is 23.4. The summed E-state index contributed by atoms with van der Waals surface area (Å²) in [6.45, 7) is 6.51. The summed E-state index contributed by atoms with van der Waals surface area (Å²) in [5.74, 6) is -0.735. The van der Waals surface area contributed by atoms with Crippen LogP contribution < -0.4 is 5.32 Å². The molecule has 6 heteroatoms. The van der Waals surface area contributed by atoms with Crippen molar-refractivity contribution in [2.24, 2.45) is 11.8 Å². The van der Waals surface area contributed by atoms with Gasteiger partial charge in [0, 0.05) is 26.4 Å².